The minimum Gasteiger partial charge on any atom is -0.239 e. The Balaban J connectivity index is 1.60. The van der Waals surface area contributed by atoms with Gasteiger partial charge in [0.1, 0.15) is 11.1 Å². The maximum Gasteiger partial charge on any atom is 0.116 e. The molecule has 0 aliphatic heterocycles. The van der Waals surface area contributed by atoms with E-state index in [0.717, 1.165) is 42.6 Å². The van der Waals surface area contributed by atoms with Crippen molar-refractivity contribution >= 4 is 46.5 Å². The molecular formula is C24H17ClN2S3. The lowest BCUT2D eigenvalue weighted by atomic mass is 10.0. The highest BCUT2D eigenvalue weighted by Crippen LogP contribution is 2.36. The predicted molar refractivity (Wildman–Crippen MR) is 131 cm³/mol. The van der Waals surface area contributed by atoms with E-state index >= 15 is 0 Å². The van der Waals surface area contributed by atoms with Crippen LogP contribution in [-0.2, 0) is 5.75 Å². The van der Waals surface area contributed by atoms with Crippen LogP contribution in [0.15, 0.2) is 83.2 Å². The Labute approximate surface area is 193 Å². The maximum absolute atomic E-state index is 9.92. The molecule has 0 aliphatic carbocycles. The van der Waals surface area contributed by atoms with E-state index in [2.05, 4.69) is 12.1 Å². The van der Waals surface area contributed by atoms with Gasteiger partial charge in [0.05, 0.1) is 16.1 Å². The highest BCUT2D eigenvalue weighted by Gasteiger charge is 2.16. The summed E-state index contributed by atoms with van der Waals surface area (Å²) in [4.78, 5) is 5.95. The summed E-state index contributed by atoms with van der Waals surface area (Å²) in [5.74, 6) is 0.891. The van der Waals surface area contributed by atoms with Gasteiger partial charge in [-0.15, -0.1) is 23.1 Å². The highest BCUT2D eigenvalue weighted by molar-refractivity contribution is 8.15. The zero-order valence-electron chi connectivity index (χ0n) is 15.9. The Morgan fingerprint density at radius 3 is 2.50 bits per heavy atom. The highest BCUT2D eigenvalue weighted by atomic mass is 35.5. The van der Waals surface area contributed by atoms with E-state index in [1.807, 2.05) is 72.1 Å². The largest absolute Gasteiger partial charge is 0.239 e. The van der Waals surface area contributed by atoms with Crippen molar-refractivity contribution < 1.29 is 0 Å². The zero-order chi connectivity index (χ0) is 20.8. The van der Waals surface area contributed by atoms with Crippen molar-refractivity contribution in [1.82, 2.24) is 4.98 Å². The first-order valence-electron chi connectivity index (χ1n) is 9.24. The summed E-state index contributed by atoms with van der Waals surface area (Å²) >= 11 is 11.0. The number of nitrogens with zero attached hydrogens (tertiary/aromatic N) is 2. The molecule has 6 heteroatoms. The molecule has 4 aromatic rings. The molecule has 0 N–H and O–H groups in total. The average Bonchev–Trinajstić information content (AvgIpc) is 3.33. The fraction of sp³-hybridized carbons (Fsp3) is 0.0833. The second-order valence-electron chi connectivity index (χ2n) is 6.43. The van der Waals surface area contributed by atoms with Crippen molar-refractivity contribution in [3.8, 4) is 27.8 Å². The van der Waals surface area contributed by atoms with E-state index in [9.17, 15) is 5.26 Å². The van der Waals surface area contributed by atoms with Crippen molar-refractivity contribution in [2.75, 3.05) is 5.08 Å². The molecule has 0 spiro atoms. The molecule has 0 saturated carbocycles. The van der Waals surface area contributed by atoms with Crippen LogP contribution in [0.25, 0.3) is 21.7 Å². The molecular weight excluding hydrogens is 448 g/mol. The number of hydrogen-bond acceptors (Lipinski definition) is 5. The first-order valence-corrected chi connectivity index (χ1v) is 12.6. The summed E-state index contributed by atoms with van der Waals surface area (Å²) in [5.41, 5.74) is 4.74. The third-order valence-corrected chi connectivity index (χ3v) is 7.81. The van der Waals surface area contributed by atoms with Crippen LogP contribution in [0.1, 0.15) is 11.1 Å². The SMILES string of the molecule is N#Cc1c(-c2ccccc2)cc(-c2cccs2)nc1SCSCc1ccc(Cl)cc1. The Hall–Kier alpha value is -2.23. The quantitative estimate of drug-likeness (QED) is 0.158. The molecule has 0 atom stereocenters. The summed E-state index contributed by atoms with van der Waals surface area (Å²) in [5, 5.41) is 14.3. The molecule has 2 heterocycles. The van der Waals surface area contributed by atoms with Gasteiger partial charge in [0.2, 0.25) is 0 Å². The number of rotatable bonds is 7. The number of benzene rings is 2. The molecule has 0 radical (unpaired) electrons. The topological polar surface area (TPSA) is 36.7 Å². The normalized spacial score (nSPS) is 10.7. The molecule has 148 valence electrons. The van der Waals surface area contributed by atoms with Gasteiger partial charge in [-0.1, -0.05) is 71.9 Å². The molecule has 2 aromatic heterocycles. The molecule has 0 bridgehead atoms. The molecule has 4 rings (SSSR count). The molecule has 0 fully saturated rings. The number of aromatic nitrogens is 1. The van der Waals surface area contributed by atoms with Crippen LogP contribution in [0.2, 0.25) is 5.02 Å². The lowest BCUT2D eigenvalue weighted by Crippen LogP contribution is -1.95. The fourth-order valence-corrected chi connectivity index (χ4v) is 5.78. The third kappa shape index (κ3) is 5.08. The summed E-state index contributed by atoms with van der Waals surface area (Å²) in [7, 11) is 0. The monoisotopic (exact) mass is 464 g/mol. The number of pyridine rings is 1. The van der Waals surface area contributed by atoms with Crippen LogP contribution in [0.5, 0.6) is 0 Å². The van der Waals surface area contributed by atoms with Gasteiger partial charge in [-0.3, -0.25) is 0 Å². The van der Waals surface area contributed by atoms with Gasteiger partial charge in [0, 0.05) is 21.4 Å². The van der Waals surface area contributed by atoms with Crippen LogP contribution >= 0.6 is 46.5 Å². The van der Waals surface area contributed by atoms with E-state index in [4.69, 9.17) is 16.6 Å². The summed E-state index contributed by atoms with van der Waals surface area (Å²) in [6.45, 7) is 0. The van der Waals surface area contributed by atoms with Gasteiger partial charge in [-0.25, -0.2) is 4.98 Å². The number of halogens is 1. The second-order valence-corrected chi connectivity index (χ2v) is 10.1. The summed E-state index contributed by atoms with van der Waals surface area (Å²) < 4.78 is 0. The Kier molecular flexibility index (Phi) is 7.14. The summed E-state index contributed by atoms with van der Waals surface area (Å²) in [6.07, 6.45) is 0. The van der Waals surface area contributed by atoms with Gasteiger partial charge >= 0.3 is 0 Å². The molecule has 0 amide bonds. The van der Waals surface area contributed by atoms with Crippen molar-refractivity contribution in [2.45, 2.75) is 10.8 Å². The number of thioether (sulfide) groups is 2. The standard InChI is InChI=1S/C24H17ClN2S3/c25-19-10-8-17(9-11-19)15-28-16-30-24-21(14-26)20(18-5-2-1-3-6-18)13-22(27-24)23-7-4-12-29-23/h1-13H,15-16H2. The summed E-state index contributed by atoms with van der Waals surface area (Å²) in [6, 6.07) is 26.5. The van der Waals surface area contributed by atoms with Gasteiger partial charge in [-0.05, 0) is 40.8 Å². The van der Waals surface area contributed by atoms with Crippen LogP contribution in [0.3, 0.4) is 0 Å². The molecule has 0 unspecified atom stereocenters. The van der Waals surface area contributed by atoms with E-state index in [0.29, 0.717) is 5.56 Å². The molecule has 2 aromatic carbocycles. The third-order valence-electron chi connectivity index (χ3n) is 4.42. The Morgan fingerprint density at radius 2 is 1.80 bits per heavy atom. The Bertz CT molecular complexity index is 1150. The van der Waals surface area contributed by atoms with Crippen molar-refractivity contribution in [2.24, 2.45) is 0 Å². The minimum atomic E-state index is 0.638. The number of thiophene rings is 1. The first-order chi connectivity index (χ1) is 14.7. The van der Waals surface area contributed by atoms with Gasteiger partial charge in [0.25, 0.3) is 0 Å². The fourth-order valence-electron chi connectivity index (χ4n) is 2.97. The number of hydrogen-bond donors (Lipinski definition) is 0. The van der Waals surface area contributed by atoms with Crippen molar-refractivity contribution in [1.29, 1.82) is 5.26 Å². The average molecular weight is 465 g/mol. The molecule has 0 aliphatic rings. The van der Waals surface area contributed by atoms with E-state index in [1.165, 1.54) is 5.56 Å². The molecule has 2 nitrogen and oxygen atoms in total. The second kappa shape index (κ2) is 10.2. The zero-order valence-corrected chi connectivity index (χ0v) is 19.1. The van der Waals surface area contributed by atoms with Crippen LogP contribution < -0.4 is 0 Å². The van der Waals surface area contributed by atoms with Crippen molar-refractivity contribution in [3.05, 3.63) is 94.3 Å². The number of nitriles is 1. The minimum absolute atomic E-state index is 0.638. The maximum atomic E-state index is 9.92. The Morgan fingerprint density at radius 1 is 1.00 bits per heavy atom. The van der Waals surface area contributed by atoms with Gasteiger partial charge in [0.15, 0.2) is 0 Å². The predicted octanol–water partition coefficient (Wildman–Crippen LogP) is 7.99. The van der Waals surface area contributed by atoms with Crippen LogP contribution in [0.4, 0.5) is 0 Å². The van der Waals surface area contributed by atoms with E-state index in [-0.39, 0.29) is 0 Å². The molecule has 30 heavy (non-hydrogen) atoms. The van der Waals surface area contributed by atoms with Crippen LogP contribution in [0, 0.1) is 11.3 Å². The van der Waals surface area contributed by atoms with E-state index in [1.54, 1.807) is 34.9 Å². The smallest absolute Gasteiger partial charge is 0.116 e. The van der Waals surface area contributed by atoms with Crippen molar-refractivity contribution in [3.63, 3.8) is 0 Å². The van der Waals surface area contributed by atoms with Gasteiger partial charge < -0.3 is 0 Å². The van der Waals surface area contributed by atoms with Crippen LogP contribution in [-0.4, -0.2) is 10.1 Å². The first kappa shape index (κ1) is 21.0. The van der Waals surface area contributed by atoms with E-state index < -0.39 is 0 Å². The lowest BCUT2D eigenvalue weighted by molar-refractivity contribution is 1.13. The molecule has 0 saturated heterocycles. The lowest BCUT2D eigenvalue weighted by Gasteiger charge is -2.12. The van der Waals surface area contributed by atoms with Gasteiger partial charge in [-0.2, -0.15) is 5.26 Å².